The lowest BCUT2D eigenvalue weighted by Gasteiger charge is -2.08. The number of hydrogen-bond acceptors (Lipinski definition) is 19. The van der Waals surface area contributed by atoms with Crippen LogP contribution in [0.5, 0.6) is 0 Å². The van der Waals surface area contributed by atoms with Crippen molar-refractivity contribution in [2.75, 3.05) is 54.4 Å². The maximum atomic E-state index is 13.7. The minimum atomic E-state index is -0.446. The molecular formula is C44H43N17O3S3. The summed E-state index contributed by atoms with van der Waals surface area (Å²) in [5.41, 5.74) is 15.4. The van der Waals surface area contributed by atoms with Crippen LogP contribution in [-0.4, -0.2) is 112 Å². The lowest BCUT2D eigenvalue weighted by atomic mass is 10.1. The number of carbonyl (C=O) groups excluding carboxylic acids is 2. The monoisotopic (exact) mass is 953 g/mol. The Morgan fingerprint density at radius 1 is 0.896 bits per heavy atom. The SMILES string of the molecule is CCCSc1nc(NCCN)c2nnn(Cc3ccc(-c4cn(CCOCCNC(=O)c5cnc(N/N=C6/C(=O)N(c7nc(-c8ccccc8)cs7)N=C6c6ccccc6)s5)nn4)cc3)c2n1. The molecule has 5 aromatic heterocycles. The molecule has 0 bridgehead atoms. The zero-order valence-corrected chi connectivity index (χ0v) is 38.5. The second-order valence-corrected chi connectivity index (χ2v) is 17.6. The normalized spacial score (nSPS) is 13.2. The second kappa shape index (κ2) is 21.3. The van der Waals surface area contributed by atoms with E-state index in [-0.39, 0.29) is 24.8 Å². The first kappa shape index (κ1) is 44.9. The average Bonchev–Trinajstić information content (AvgIpc) is 4.23. The summed E-state index contributed by atoms with van der Waals surface area (Å²) in [5, 5.41) is 37.1. The van der Waals surface area contributed by atoms with Gasteiger partial charge in [-0.2, -0.15) is 15.2 Å². The molecule has 0 spiro atoms. The average molecular weight is 954 g/mol. The Kier molecular flexibility index (Phi) is 14.3. The Hall–Kier alpha value is -7.31. The van der Waals surface area contributed by atoms with Crippen molar-refractivity contribution in [1.82, 2.24) is 55.2 Å². The fourth-order valence-electron chi connectivity index (χ4n) is 6.64. The molecule has 9 rings (SSSR count). The van der Waals surface area contributed by atoms with Gasteiger partial charge < -0.3 is 21.1 Å². The van der Waals surface area contributed by atoms with Gasteiger partial charge in [0.2, 0.25) is 10.3 Å². The van der Waals surface area contributed by atoms with Gasteiger partial charge in [-0.25, -0.2) is 29.3 Å². The molecule has 6 heterocycles. The summed E-state index contributed by atoms with van der Waals surface area (Å²) in [6, 6.07) is 27.1. The van der Waals surface area contributed by atoms with E-state index in [1.807, 2.05) is 96.5 Å². The predicted molar refractivity (Wildman–Crippen MR) is 261 cm³/mol. The van der Waals surface area contributed by atoms with Gasteiger partial charge in [0.05, 0.1) is 44.4 Å². The van der Waals surface area contributed by atoms with Crippen LogP contribution in [0.15, 0.2) is 118 Å². The van der Waals surface area contributed by atoms with Gasteiger partial charge in [0.1, 0.15) is 16.3 Å². The van der Waals surface area contributed by atoms with Crippen LogP contribution < -0.4 is 26.8 Å². The number of ether oxygens (including phenoxy) is 1. The highest BCUT2D eigenvalue weighted by Crippen LogP contribution is 2.31. The highest BCUT2D eigenvalue weighted by atomic mass is 32.2. The Balaban J connectivity index is 0.734. The lowest BCUT2D eigenvalue weighted by Crippen LogP contribution is -2.28. The first-order valence-electron chi connectivity index (χ1n) is 21.3. The molecule has 340 valence electrons. The first-order chi connectivity index (χ1) is 32.9. The van der Waals surface area contributed by atoms with Gasteiger partial charge in [-0.3, -0.25) is 15.0 Å². The van der Waals surface area contributed by atoms with E-state index in [9.17, 15) is 9.59 Å². The smallest absolute Gasteiger partial charge is 0.303 e. The number of thiazole rings is 2. The van der Waals surface area contributed by atoms with Gasteiger partial charge >= 0.3 is 5.91 Å². The van der Waals surface area contributed by atoms with Crippen LogP contribution in [0.2, 0.25) is 0 Å². The van der Waals surface area contributed by atoms with Gasteiger partial charge in [0.15, 0.2) is 27.8 Å². The van der Waals surface area contributed by atoms with Crippen molar-refractivity contribution in [2.45, 2.75) is 31.6 Å². The van der Waals surface area contributed by atoms with E-state index < -0.39 is 5.91 Å². The second-order valence-electron chi connectivity index (χ2n) is 14.7. The molecule has 0 aliphatic carbocycles. The molecule has 1 aliphatic rings. The third kappa shape index (κ3) is 10.7. The molecule has 5 N–H and O–H groups in total. The Morgan fingerprint density at radius 3 is 2.48 bits per heavy atom. The zero-order chi connectivity index (χ0) is 46.0. The number of nitrogens with one attached hydrogen (secondary N) is 3. The number of rotatable bonds is 21. The number of aromatic nitrogens is 10. The van der Waals surface area contributed by atoms with Crippen LogP contribution in [0.4, 0.5) is 16.1 Å². The number of benzene rings is 3. The molecule has 0 radical (unpaired) electrons. The molecular weight excluding hydrogens is 911 g/mol. The molecule has 8 aromatic rings. The van der Waals surface area contributed by atoms with Gasteiger partial charge in [0.25, 0.3) is 5.91 Å². The molecule has 67 heavy (non-hydrogen) atoms. The Morgan fingerprint density at radius 2 is 1.69 bits per heavy atom. The minimum absolute atomic E-state index is 0.0878. The standard InChI is InChI=1S/C44H43N17O3S3/c1-2-23-65-43-50-38(46-18-17-45)37-39(51-43)60(58-54-37)25-28-13-15-30(16-14-28)32-26-59(57-52-32)20-22-64-21-19-47-40(62)34-24-48-42(67-34)55-53-36-35(31-11-7-4-8-12-31)56-61(41(36)63)44-49-33(27-66-44)29-9-5-3-6-10-29/h3-16,24,26-27H,2,17-23,25,45H2,1H3,(H,47,62)(H,48,55)(H,46,50,51)/b53-36+. The van der Waals surface area contributed by atoms with E-state index in [2.05, 4.69) is 68.8 Å². The van der Waals surface area contributed by atoms with E-state index in [1.54, 1.807) is 21.1 Å². The highest BCUT2D eigenvalue weighted by molar-refractivity contribution is 7.99. The topological polar surface area (TPSA) is 246 Å². The fraction of sp³-hybridized carbons (Fsp3) is 0.227. The predicted octanol–water partition coefficient (Wildman–Crippen LogP) is 5.65. The quantitative estimate of drug-likeness (QED) is 0.0294. The lowest BCUT2D eigenvalue weighted by molar-refractivity contribution is -0.112. The largest absolute Gasteiger partial charge is 0.378 e. The number of anilines is 3. The van der Waals surface area contributed by atoms with Gasteiger partial charge in [0, 0.05) is 47.5 Å². The summed E-state index contributed by atoms with van der Waals surface area (Å²) < 4.78 is 9.28. The summed E-state index contributed by atoms with van der Waals surface area (Å²) in [4.78, 5) is 45.4. The summed E-state index contributed by atoms with van der Waals surface area (Å²) in [6.07, 6.45) is 4.32. The van der Waals surface area contributed by atoms with Crippen molar-refractivity contribution < 1.29 is 14.3 Å². The maximum Gasteiger partial charge on any atom is 0.303 e. The molecule has 3 aromatic carbocycles. The molecule has 0 fully saturated rings. The third-order valence-electron chi connectivity index (χ3n) is 9.93. The summed E-state index contributed by atoms with van der Waals surface area (Å²) >= 11 is 4.01. The van der Waals surface area contributed by atoms with Crippen molar-refractivity contribution in [3.63, 3.8) is 0 Å². The number of amides is 2. The van der Waals surface area contributed by atoms with E-state index in [4.69, 9.17) is 15.5 Å². The first-order valence-corrected chi connectivity index (χ1v) is 23.9. The number of hydrazone groups is 2. The highest BCUT2D eigenvalue weighted by Gasteiger charge is 2.36. The maximum absolute atomic E-state index is 13.7. The molecule has 0 saturated heterocycles. The zero-order valence-electron chi connectivity index (χ0n) is 36.0. The number of fused-ring (bicyclic) bond motifs is 1. The molecule has 0 saturated carbocycles. The summed E-state index contributed by atoms with van der Waals surface area (Å²) in [5.74, 6) is 0.778. The minimum Gasteiger partial charge on any atom is -0.378 e. The Labute approximate surface area is 395 Å². The van der Waals surface area contributed by atoms with Crippen molar-refractivity contribution in [2.24, 2.45) is 15.9 Å². The van der Waals surface area contributed by atoms with Crippen LogP contribution in [0.3, 0.4) is 0 Å². The van der Waals surface area contributed by atoms with E-state index in [0.29, 0.717) is 81.3 Å². The summed E-state index contributed by atoms with van der Waals surface area (Å²) in [6.45, 7) is 5.04. The van der Waals surface area contributed by atoms with E-state index in [1.165, 1.54) is 22.5 Å². The van der Waals surface area contributed by atoms with Crippen molar-refractivity contribution >= 4 is 84.9 Å². The van der Waals surface area contributed by atoms with Gasteiger partial charge in [-0.1, -0.05) is 125 Å². The van der Waals surface area contributed by atoms with Gasteiger partial charge in [-0.15, -0.1) is 21.5 Å². The number of hydrogen-bond donors (Lipinski definition) is 4. The van der Waals surface area contributed by atoms with Crippen molar-refractivity contribution in [3.05, 3.63) is 119 Å². The van der Waals surface area contributed by atoms with E-state index >= 15 is 0 Å². The molecule has 2 amide bonds. The van der Waals surface area contributed by atoms with Gasteiger partial charge in [-0.05, 0) is 12.0 Å². The number of thioether (sulfide) groups is 1. The molecule has 0 unspecified atom stereocenters. The van der Waals surface area contributed by atoms with Crippen LogP contribution in [0.1, 0.15) is 34.1 Å². The van der Waals surface area contributed by atoms with Crippen molar-refractivity contribution in [3.8, 4) is 22.5 Å². The van der Waals surface area contributed by atoms with Crippen LogP contribution >= 0.6 is 34.4 Å². The van der Waals surface area contributed by atoms with Crippen LogP contribution in [-0.2, 0) is 22.6 Å². The number of carbonyl (C=O) groups is 2. The molecule has 20 nitrogen and oxygen atoms in total. The van der Waals surface area contributed by atoms with Crippen LogP contribution in [0.25, 0.3) is 33.7 Å². The number of nitrogens with two attached hydrogens (primary N) is 1. The molecule has 23 heteroatoms. The molecule has 0 atom stereocenters. The molecule has 1 aliphatic heterocycles. The third-order valence-corrected chi connectivity index (χ3v) is 12.7. The van der Waals surface area contributed by atoms with Crippen LogP contribution in [0, 0.1) is 0 Å². The van der Waals surface area contributed by atoms with Crippen molar-refractivity contribution in [1.29, 1.82) is 0 Å². The number of nitrogens with zero attached hydrogens (tertiary/aromatic N) is 13. The Bertz CT molecular complexity index is 3020. The summed E-state index contributed by atoms with van der Waals surface area (Å²) in [7, 11) is 0. The van der Waals surface area contributed by atoms with E-state index in [0.717, 1.165) is 51.6 Å². The fourth-order valence-corrected chi connectivity index (χ4v) is 8.79.